The lowest BCUT2D eigenvalue weighted by Gasteiger charge is -2.23. The second kappa shape index (κ2) is 11.0. The maximum atomic E-state index is 13.8. The van der Waals surface area contributed by atoms with Crippen molar-refractivity contribution < 1.29 is 17.9 Å². The smallest absolute Gasteiger partial charge is 0.277 e. The van der Waals surface area contributed by atoms with Gasteiger partial charge in [0.25, 0.3) is 5.56 Å². The number of hydrogen-bond donors (Lipinski definition) is 1. The second-order valence-corrected chi connectivity index (χ2v) is 10.6. The number of aromatic hydroxyl groups is 1. The van der Waals surface area contributed by atoms with Gasteiger partial charge in [-0.25, -0.2) is 13.4 Å². The van der Waals surface area contributed by atoms with Gasteiger partial charge in [0.2, 0.25) is 21.7 Å². The molecule has 1 atom stereocenters. The van der Waals surface area contributed by atoms with Crippen LogP contribution in [-0.4, -0.2) is 28.1 Å². The summed E-state index contributed by atoms with van der Waals surface area (Å²) in [5, 5.41) is 10.7. The number of hydrogen-bond acceptors (Lipinski definition) is 6. The third-order valence-electron chi connectivity index (χ3n) is 6.26. The Morgan fingerprint density at radius 2 is 1.65 bits per heavy atom. The Bertz CT molecular complexity index is 1540. The molecular weight excluding hydrogens is 493 g/mol. The first-order valence-electron chi connectivity index (χ1n) is 12.1. The number of pyridine rings is 1. The molecule has 0 spiro atoms. The van der Waals surface area contributed by atoms with Crippen molar-refractivity contribution in [1.29, 1.82) is 0 Å². The van der Waals surface area contributed by atoms with Gasteiger partial charge in [-0.3, -0.25) is 9.36 Å². The summed E-state index contributed by atoms with van der Waals surface area (Å²) in [6.45, 7) is 3.92. The summed E-state index contributed by atoms with van der Waals surface area (Å²) in [5.74, 6) is -1.08. The molecule has 4 aromatic rings. The maximum Gasteiger partial charge on any atom is 0.277 e. The number of aryl methyl sites for hydroxylation is 1. The Balaban J connectivity index is 1.84. The van der Waals surface area contributed by atoms with E-state index in [2.05, 4.69) is 9.97 Å². The zero-order valence-electron chi connectivity index (χ0n) is 20.6. The largest absolute Gasteiger partial charge is 0.492 e. The van der Waals surface area contributed by atoms with Crippen LogP contribution in [0.1, 0.15) is 50.5 Å². The zero-order chi connectivity index (χ0) is 26.6. The van der Waals surface area contributed by atoms with Gasteiger partial charge in [0.05, 0.1) is 10.9 Å². The molecule has 2 heterocycles. The van der Waals surface area contributed by atoms with Crippen LogP contribution < -0.4 is 5.56 Å². The summed E-state index contributed by atoms with van der Waals surface area (Å²) in [6, 6.07) is 17.4. The molecule has 0 radical (unpaired) electrons. The second-order valence-electron chi connectivity index (χ2n) is 8.69. The van der Waals surface area contributed by atoms with Crippen molar-refractivity contribution in [3.63, 3.8) is 0 Å². The van der Waals surface area contributed by atoms with Crippen molar-refractivity contribution in [3.8, 4) is 17.0 Å². The molecule has 7 nitrogen and oxygen atoms in total. The zero-order valence-corrected chi connectivity index (χ0v) is 21.5. The summed E-state index contributed by atoms with van der Waals surface area (Å²) in [7, 11) is -4.41. The van der Waals surface area contributed by atoms with Gasteiger partial charge in [0.1, 0.15) is 5.82 Å². The van der Waals surface area contributed by atoms with Gasteiger partial charge < -0.3 is 5.11 Å². The molecule has 0 unspecified atom stereocenters. The van der Waals surface area contributed by atoms with E-state index in [1.807, 2.05) is 44.2 Å². The summed E-state index contributed by atoms with van der Waals surface area (Å²) >= 11 is 0. The highest BCUT2D eigenvalue weighted by atomic mass is 32.2. The molecule has 0 fully saturated rings. The van der Waals surface area contributed by atoms with Crippen LogP contribution in [0.5, 0.6) is 5.88 Å². The summed E-state index contributed by atoms with van der Waals surface area (Å²) in [6.07, 6.45) is 3.85. The number of benzene rings is 2. The van der Waals surface area contributed by atoms with E-state index >= 15 is 0 Å². The Labute approximate surface area is 215 Å². The molecule has 9 heteroatoms. The third kappa shape index (κ3) is 5.32. The predicted molar refractivity (Wildman–Crippen MR) is 139 cm³/mol. The first-order chi connectivity index (χ1) is 17.8. The normalized spacial score (nSPS) is 12.4. The molecule has 0 aliphatic heterocycles. The Morgan fingerprint density at radius 1 is 0.973 bits per heavy atom. The van der Waals surface area contributed by atoms with Crippen LogP contribution in [0.25, 0.3) is 11.1 Å². The van der Waals surface area contributed by atoms with E-state index < -0.39 is 38.2 Å². The SMILES string of the molecule is CCCCc1nc(O)c(S(=O)(=O)c2ccc(-c3ccc(F)nc3)cc2)c(=O)n1[C@@H](CC)c1ccccc1. The topological polar surface area (TPSA) is 102 Å². The number of unbranched alkanes of at least 4 members (excludes halogenated alkanes) is 1. The average Bonchev–Trinajstić information content (AvgIpc) is 2.90. The monoisotopic (exact) mass is 521 g/mol. The van der Waals surface area contributed by atoms with Crippen molar-refractivity contribution in [2.45, 2.75) is 55.4 Å². The fourth-order valence-electron chi connectivity index (χ4n) is 4.35. The molecule has 0 saturated carbocycles. The van der Waals surface area contributed by atoms with Gasteiger partial charge in [-0.1, -0.05) is 62.7 Å². The van der Waals surface area contributed by atoms with Crippen molar-refractivity contribution in [1.82, 2.24) is 14.5 Å². The lowest BCUT2D eigenvalue weighted by atomic mass is 10.0. The van der Waals surface area contributed by atoms with Crippen LogP contribution in [0.3, 0.4) is 0 Å². The number of aromatic nitrogens is 3. The molecule has 0 aliphatic carbocycles. The van der Waals surface area contributed by atoms with Crippen molar-refractivity contribution in [2.75, 3.05) is 0 Å². The summed E-state index contributed by atoms with van der Waals surface area (Å²) in [4.78, 5) is 20.8. The molecule has 0 bridgehead atoms. The van der Waals surface area contributed by atoms with Gasteiger partial charge >= 0.3 is 0 Å². The highest BCUT2D eigenvalue weighted by Crippen LogP contribution is 2.30. The highest BCUT2D eigenvalue weighted by molar-refractivity contribution is 7.91. The number of sulfone groups is 1. The Morgan fingerprint density at radius 3 is 2.24 bits per heavy atom. The van der Waals surface area contributed by atoms with Crippen molar-refractivity contribution in [2.24, 2.45) is 0 Å². The minimum Gasteiger partial charge on any atom is -0.492 e. The van der Waals surface area contributed by atoms with E-state index in [1.165, 1.54) is 35.0 Å². The van der Waals surface area contributed by atoms with E-state index in [0.717, 1.165) is 18.4 Å². The molecule has 0 aliphatic rings. The molecule has 2 aromatic carbocycles. The van der Waals surface area contributed by atoms with Gasteiger partial charge in [0, 0.05) is 18.2 Å². The lowest BCUT2D eigenvalue weighted by molar-refractivity contribution is 0.406. The standard InChI is InChI=1S/C28H28FN3O4S/c1-3-5-11-25-31-27(33)26(28(34)32(25)23(4-2)20-9-7-6-8-10-20)37(35,36)22-15-12-19(13-16-22)21-14-17-24(29)30-18-21/h6-10,12-18,23,33H,3-5,11H2,1-2H3/t23-/m0/s1. The Kier molecular flexibility index (Phi) is 7.83. The number of nitrogens with zero attached hydrogens (tertiary/aromatic N) is 3. The van der Waals surface area contributed by atoms with Crippen LogP contribution in [0.4, 0.5) is 4.39 Å². The molecule has 192 valence electrons. The van der Waals surface area contributed by atoms with E-state index in [9.17, 15) is 22.7 Å². The first kappa shape index (κ1) is 26.2. The molecular formula is C28H28FN3O4S. The van der Waals surface area contributed by atoms with Crippen molar-refractivity contribution in [3.05, 3.63) is 101 Å². The van der Waals surface area contributed by atoms with E-state index in [1.54, 1.807) is 12.1 Å². The number of halogens is 1. The molecule has 1 N–H and O–H groups in total. The van der Waals surface area contributed by atoms with Crippen LogP contribution >= 0.6 is 0 Å². The predicted octanol–water partition coefficient (Wildman–Crippen LogP) is 5.32. The van der Waals surface area contributed by atoms with Gasteiger partial charge in [0.15, 0.2) is 4.90 Å². The summed E-state index contributed by atoms with van der Waals surface area (Å²) in [5.41, 5.74) is 1.27. The van der Waals surface area contributed by atoms with E-state index in [0.29, 0.717) is 29.8 Å². The van der Waals surface area contributed by atoms with Gasteiger partial charge in [-0.2, -0.15) is 9.37 Å². The third-order valence-corrected chi connectivity index (χ3v) is 8.05. The first-order valence-corrected chi connectivity index (χ1v) is 13.6. The van der Waals surface area contributed by atoms with Crippen LogP contribution in [-0.2, 0) is 16.3 Å². The maximum absolute atomic E-state index is 13.8. The lowest BCUT2D eigenvalue weighted by Crippen LogP contribution is -2.33. The molecule has 2 aromatic heterocycles. The molecule has 0 saturated heterocycles. The number of rotatable bonds is 9. The quantitative estimate of drug-likeness (QED) is 0.299. The van der Waals surface area contributed by atoms with Gasteiger partial charge in [-0.15, -0.1) is 0 Å². The minimum atomic E-state index is -4.41. The molecule has 4 rings (SSSR count). The summed E-state index contributed by atoms with van der Waals surface area (Å²) < 4.78 is 41.8. The van der Waals surface area contributed by atoms with Crippen LogP contribution in [0.15, 0.2) is 87.5 Å². The average molecular weight is 522 g/mol. The van der Waals surface area contributed by atoms with Crippen LogP contribution in [0, 0.1) is 5.95 Å². The molecule has 37 heavy (non-hydrogen) atoms. The fraction of sp³-hybridized carbons (Fsp3) is 0.250. The van der Waals surface area contributed by atoms with E-state index in [-0.39, 0.29) is 4.90 Å². The molecule has 0 amide bonds. The van der Waals surface area contributed by atoms with E-state index in [4.69, 9.17) is 0 Å². The Hall–Kier alpha value is -3.85. The van der Waals surface area contributed by atoms with Crippen molar-refractivity contribution >= 4 is 9.84 Å². The fourth-order valence-corrected chi connectivity index (χ4v) is 5.69. The minimum absolute atomic E-state index is 0.166. The van der Waals surface area contributed by atoms with Gasteiger partial charge in [-0.05, 0) is 48.2 Å². The van der Waals surface area contributed by atoms with Crippen LogP contribution in [0.2, 0.25) is 0 Å². The highest BCUT2D eigenvalue weighted by Gasteiger charge is 2.31.